The predicted octanol–water partition coefficient (Wildman–Crippen LogP) is 2.25. The van der Waals surface area contributed by atoms with Crippen LogP contribution >= 0.6 is 0 Å². The van der Waals surface area contributed by atoms with Gasteiger partial charge in [-0.05, 0) is 18.6 Å². The molecule has 1 fully saturated rings. The molecule has 0 aliphatic carbocycles. The number of hydrogen-bond donors (Lipinski definition) is 1. The largest absolute Gasteiger partial charge is 0.340 e. The van der Waals surface area contributed by atoms with E-state index >= 15 is 0 Å². The molecular formula is C15H22N4. The second-order valence-electron chi connectivity index (χ2n) is 5.14. The van der Waals surface area contributed by atoms with Crippen LogP contribution in [-0.4, -0.2) is 35.7 Å². The molecule has 19 heavy (non-hydrogen) atoms. The van der Waals surface area contributed by atoms with Crippen molar-refractivity contribution in [1.29, 1.82) is 0 Å². The Morgan fingerprint density at radius 2 is 2.00 bits per heavy atom. The number of unbranched alkanes of at least 4 members (excludes halogenated alkanes) is 1. The van der Waals surface area contributed by atoms with Gasteiger partial charge in [0.15, 0.2) is 0 Å². The fourth-order valence-electron chi connectivity index (χ4n) is 2.71. The Morgan fingerprint density at radius 1 is 1.21 bits per heavy atom. The van der Waals surface area contributed by atoms with E-state index in [0.717, 1.165) is 44.2 Å². The Kier molecular flexibility index (Phi) is 3.69. The molecule has 1 aliphatic heterocycles. The third-order valence-corrected chi connectivity index (χ3v) is 3.77. The van der Waals surface area contributed by atoms with Crippen LogP contribution in [0.2, 0.25) is 0 Å². The lowest BCUT2D eigenvalue weighted by Gasteiger charge is -2.28. The van der Waals surface area contributed by atoms with E-state index in [1.54, 1.807) is 0 Å². The molecule has 0 unspecified atom stereocenters. The number of aryl methyl sites for hydroxylation is 1. The summed E-state index contributed by atoms with van der Waals surface area (Å²) in [6.45, 7) is 7.51. The first-order valence-electron chi connectivity index (χ1n) is 7.31. The molecule has 0 spiro atoms. The number of aromatic nitrogens is 2. The lowest BCUT2D eigenvalue weighted by Crippen LogP contribution is -2.44. The van der Waals surface area contributed by atoms with E-state index < -0.39 is 0 Å². The molecule has 0 saturated carbocycles. The Balaban J connectivity index is 2.00. The number of fused-ring (bicyclic) bond motifs is 1. The summed E-state index contributed by atoms with van der Waals surface area (Å²) in [7, 11) is 0. The van der Waals surface area contributed by atoms with Crippen molar-refractivity contribution in [2.75, 3.05) is 31.1 Å². The molecule has 3 rings (SSSR count). The van der Waals surface area contributed by atoms with E-state index in [0.29, 0.717) is 0 Å². The summed E-state index contributed by atoms with van der Waals surface area (Å²) < 4.78 is 2.39. The second-order valence-corrected chi connectivity index (χ2v) is 5.14. The maximum atomic E-state index is 4.85. The number of hydrogen-bond acceptors (Lipinski definition) is 3. The van der Waals surface area contributed by atoms with Crippen LogP contribution in [0.25, 0.3) is 11.0 Å². The molecule has 0 amide bonds. The molecule has 1 aromatic carbocycles. The van der Waals surface area contributed by atoms with Gasteiger partial charge in [0, 0.05) is 32.7 Å². The Hall–Kier alpha value is -1.55. The van der Waals surface area contributed by atoms with Crippen molar-refractivity contribution in [3.63, 3.8) is 0 Å². The van der Waals surface area contributed by atoms with Crippen LogP contribution < -0.4 is 10.2 Å². The van der Waals surface area contributed by atoms with Crippen LogP contribution in [0.3, 0.4) is 0 Å². The smallest absolute Gasteiger partial charge is 0.206 e. The highest BCUT2D eigenvalue weighted by Gasteiger charge is 2.18. The van der Waals surface area contributed by atoms with Crippen LogP contribution in [0.5, 0.6) is 0 Å². The lowest BCUT2D eigenvalue weighted by molar-refractivity contribution is 0.559. The van der Waals surface area contributed by atoms with Crippen LogP contribution in [0.15, 0.2) is 24.3 Å². The first-order valence-corrected chi connectivity index (χ1v) is 7.31. The third-order valence-electron chi connectivity index (χ3n) is 3.77. The zero-order valence-electron chi connectivity index (χ0n) is 11.6. The number of nitrogens with zero attached hydrogens (tertiary/aromatic N) is 3. The first kappa shape index (κ1) is 12.5. The van der Waals surface area contributed by atoms with Crippen molar-refractivity contribution in [2.45, 2.75) is 26.3 Å². The summed E-state index contributed by atoms with van der Waals surface area (Å²) in [5.41, 5.74) is 2.39. The molecule has 2 aromatic rings. The normalized spacial score (nSPS) is 16.2. The van der Waals surface area contributed by atoms with Crippen molar-refractivity contribution in [2.24, 2.45) is 0 Å². The summed E-state index contributed by atoms with van der Waals surface area (Å²) >= 11 is 0. The zero-order chi connectivity index (χ0) is 13.1. The fourth-order valence-corrected chi connectivity index (χ4v) is 2.71. The standard InChI is InChI=1S/C15H22N4/c1-2-3-10-19-14-7-5-4-6-13(14)17-15(19)18-11-8-16-9-12-18/h4-7,16H,2-3,8-12H2,1H3. The molecule has 0 atom stereocenters. The van der Waals surface area contributed by atoms with Gasteiger partial charge in [-0.2, -0.15) is 0 Å². The van der Waals surface area contributed by atoms with Crippen LogP contribution in [0.4, 0.5) is 5.95 Å². The SMILES string of the molecule is CCCCn1c(N2CCNCC2)nc2ccccc21. The van der Waals surface area contributed by atoms with Crippen molar-refractivity contribution >= 4 is 17.0 Å². The monoisotopic (exact) mass is 258 g/mol. The topological polar surface area (TPSA) is 33.1 Å². The van der Waals surface area contributed by atoms with Crippen molar-refractivity contribution in [3.05, 3.63) is 24.3 Å². The highest BCUT2D eigenvalue weighted by atomic mass is 15.3. The lowest BCUT2D eigenvalue weighted by atomic mass is 10.3. The Bertz CT molecular complexity index is 540. The number of rotatable bonds is 4. The molecular weight excluding hydrogens is 236 g/mol. The van der Waals surface area contributed by atoms with Crippen LogP contribution in [0.1, 0.15) is 19.8 Å². The van der Waals surface area contributed by atoms with E-state index in [1.807, 2.05) is 0 Å². The van der Waals surface area contributed by atoms with Gasteiger partial charge in [-0.1, -0.05) is 25.5 Å². The number of anilines is 1. The Labute approximate surface area is 114 Å². The van der Waals surface area contributed by atoms with E-state index in [4.69, 9.17) is 4.98 Å². The third kappa shape index (κ3) is 2.45. The summed E-state index contributed by atoms with van der Waals surface area (Å²) in [4.78, 5) is 7.26. The van der Waals surface area contributed by atoms with E-state index in [1.165, 1.54) is 18.4 Å². The quantitative estimate of drug-likeness (QED) is 0.913. The zero-order valence-corrected chi connectivity index (χ0v) is 11.6. The van der Waals surface area contributed by atoms with E-state index in [2.05, 4.69) is 46.0 Å². The maximum absolute atomic E-state index is 4.85. The van der Waals surface area contributed by atoms with E-state index in [-0.39, 0.29) is 0 Å². The van der Waals surface area contributed by atoms with Crippen LogP contribution in [-0.2, 0) is 6.54 Å². The summed E-state index contributed by atoms with van der Waals surface area (Å²) in [5, 5.41) is 3.40. The number of benzene rings is 1. The minimum absolute atomic E-state index is 1.05. The van der Waals surface area contributed by atoms with Gasteiger partial charge in [0.05, 0.1) is 11.0 Å². The molecule has 4 heteroatoms. The van der Waals surface area contributed by atoms with Gasteiger partial charge in [0.2, 0.25) is 5.95 Å². The molecule has 4 nitrogen and oxygen atoms in total. The molecule has 0 bridgehead atoms. The van der Waals surface area contributed by atoms with Gasteiger partial charge in [-0.15, -0.1) is 0 Å². The summed E-state index contributed by atoms with van der Waals surface area (Å²) in [5.74, 6) is 1.15. The number of nitrogens with one attached hydrogen (secondary N) is 1. The minimum atomic E-state index is 1.05. The number of piperazine rings is 1. The number of para-hydroxylation sites is 2. The van der Waals surface area contributed by atoms with E-state index in [9.17, 15) is 0 Å². The molecule has 1 aliphatic rings. The average Bonchev–Trinajstić information content (AvgIpc) is 2.85. The number of imidazole rings is 1. The molecule has 1 saturated heterocycles. The van der Waals surface area contributed by atoms with Gasteiger partial charge in [0.1, 0.15) is 0 Å². The maximum Gasteiger partial charge on any atom is 0.206 e. The van der Waals surface area contributed by atoms with Crippen molar-refractivity contribution in [1.82, 2.24) is 14.9 Å². The van der Waals surface area contributed by atoms with Gasteiger partial charge in [-0.3, -0.25) is 0 Å². The summed E-state index contributed by atoms with van der Waals surface area (Å²) in [6, 6.07) is 8.47. The molecule has 1 aromatic heterocycles. The van der Waals surface area contributed by atoms with Crippen molar-refractivity contribution < 1.29 is 0 Å². The first-order chi connectivity index (χ1) is 9.40. The fraction of sp³-hybridized carbons (Fsp3) is 0.533. The molecule has 2 heterocycles. The highest BCUT2D eigenvalue weighted by molar-refractivity contribution is 5.78. The second kappa shape index (κ2) is 5.61. The van der Waals surface area contributed by atoms with Crippen molar-refractivity contribution in [3.8, 4) is 0 Å². The molecule has 102 valence electrons. The average molecular weight is 258 g/mol. The molecule has 1 N–H and O–H groups in total. The molecule has 0 radical (unpaired) electrons. The van der Waals surface area contributed by atoms with Gasteiger partial charge >= 0.3 is 0 Å². The van der Waals surface area contributed by atoms with Gasteiger partial charge < -0.3 is 14.8 Å². The van der Waals surface area contributed by atoms with Gasteiger partial charge in [0.25, 0.3) is 0 Å². The minimum Gasteiger partial charge on any atom is -0.340 e. The highest BCUT2D eigenvalue weighted by Crippen LogP contribution is 2.23. The predicted molar refractivity (Wildman–Crippen MR) is 79.7 cm³/mol. The Morgan fingerprint density at radius 3 is 2.79 bits per heavy atom. The summed E-state index contributed by atoms with van der Waals surface area (Å²) in [6.07, 6.45) is 2.42. The van der Waals surface area contributed by atoms with Crippen LogP contribution in [0, 0.1) is 0 Å². The van der Waals surface area contributed by atoms with Gasteiger partial charge in [-0.25, -0.2) is 4.98 Å².